The summed E-state index contributed by atoms with van der Waals surface area (Å²) >= 11 is 0. The molecule has 9 heteroatoms. The first-order valence-corrected chi connectivity index (χ1v) is 9.35. The Hall–Kier alpha value is -4.27. The molecule has 3 rings (SSSR count). The first-order valence-electron chi connectivity index (χ1n) is 9.35. The summed E-state index contributed by atoms with van der Waals surface area (Å²) < 4.78 is 6.77. The number of nitrogens with one attached hydrogen (secondary N) is 2. The number of carbonyl (C=O) groups excluding carboxylic acids is 3. The highest BCUT2D eigenvalue weighted by atomic mass is 16.5. The fraction of sp³-hybridized carbons (Fsp3) is 0.136. The summed E-state index contributed by atoms with van der Waals surface area (Å²) in [5.41, 5.74) is 0.361. The molecule has 9 nitrogen and oxygen atoms in total. The van der Waals surface area contributed by atoms with Crippen LogP contribution in [0, 0.1) is 6.92 Å². The van der Waals surface area contributed by atoms with Crippen LogP contribution in [0.1, 0.15) is 27.8 Å². The zero-order chi connectivity index (χ0) is 22.4. The summed E-state index contributed by atoms with van der Waals surface area (Å²) in [6, 6.07) is 17.6. The van der Waals surface area contributed by atoms with E-state index in [1.807, 2.05) is 6.07 Å². The van der Waals surface area contributed by atoms with Crippen molar-refractivity contribution in [2.75, 3.05) is 7.05 Å². The number of esters is 1. The second kappa shape index (κ2) is 9.49. The van der Waals surface area contributed by atoms with Gasteiger partial charge in [0.25, 0.3) is 5.91 Å². The predicted molar refractivity (Wildman–Crippen MR) is 112 cm³/mol. The van der Waals surface area contributed by atoms with Gasteiger partial charge in [-0.1, -0.05) is 48.5 Å². The molecule has 1 unspecified atom stereocenters. The fourth-order valence-electron chi connectivity index (χ4n) is 2.82. The number of para-hydroxylation sites is 1. The lowest BCUT2D eigenvalue weighted by atomic mass is 10.1. The topological polar surface area (TPSA) is 119 Å². The normalized spacial score (nSPS) is 11.3. The molecule has 0 bridgehead atoms. The Balaban J connectivity index is 1.96. The van der Waals surface area contributed by atoms with Crippen molar-refractivity contribution < 1.29 is 19.1 Å². The second-order valence-corrected chi connectivity index (χ2v) is 6.51. The van der Waals surface area contributed by atoms with E-state index in [1.165, 1.54) is 17.8 Å². The van der Waals surface area contributed by atoms with Crippen molar-refractivity contribution in [3.8, 4) is 5.69 Å². The van der Waals surface area contributed by atoms with Gasteiger partial charge in [-0.05, 0) is 19.1 Å². The van der Waals surface area contributed by atoms with Gasteiger partial charge in [0.1, 0.15) is 0 Å². The summed E-state index contributed by atoms with van der Waals surface area (Å²) in [6.45, 7) is 1.68. The van der Waals surface area contributed by atoms with Gasteiger partial charge in [0.2, 0.25) is 17.2 Å². The van der Waals surface area contributed by atoms with Crippen LogP contribution in [0.15, 0.2) is 71.5 Å². The molecule has 31 heavy (non-hydrogen) atoms. The van der Waals surface area contributed by atoms with Crippen molar-refractivity contribution in [2.24, 2.45) is 0 Å². The van der Waals surface area contributed by atoms with Crippen LogP contribution in [0.3, 0.4) is 0 Å². The van der Waals surface area contributed by atoms with E-state index in [4.69, 9.17) is 4.74 Å². The highest BCUT2D eigenvalue weighted by Crippen LogP contribution is 2.19. The molecule has 3 amide bonds. The van der Waals surface area contributed by atoms with Crippen LogP contribution in [0.2, 0.25) is 0 Å². The van der Waals surface area contributed by atoms with E-state index < -0.39 is 35.1 Å². The van der Waals surface area contributed by atoms with Crippen molar-refractivity contribution >= 4 is 17.9 Å². The van der Waals surface area contributed by atoms with Crippen LogP contribution >= 0.6 is 0 Å². The van der Waals surface area contributed by atoms with Crippen LogP contribution in [0.4, 0.5) is 4.79 Å². The number of hydrogen-bond donors (Lipinski definition) is 2. The average Bonchev–Trinajstić information content (AvgIpc) is 2.78. The van der Waals surface area contributed by atoms with Crippen LogP contribution in [0.25, 0.3) is 5.69 Å². The number of nitrogens with zero attached hydrogens (tertiary/aromatic N) is 2. The average molecular weight is 420 g/mol. The third-order valence-electron chi connectivity index (χ3n) is 4.33. The molecule has 0 aliphatic carbocycles. The maximum Gasteiger partial charge on any atom is 0.364 e. The third kappa shape index (κ3) is 5.02. The number of amides is 3. The summed E-state index contributed by atoms with van der Waals surface area (Å²) in [7, 11) is 1.34. The largest absolute Gasteiger partial charge is 0.442 e. The quantitative estimate of drug-likeness (QED) is 0.609. The number of urea groups is 1. The monoisotopic (exact) mass is 420 g/mol. The van der Waals surface area contributed by atoms with E-state index >= 15 is 0 Å². The molecule has 0 aliphatic heterocycles. The van der Waals surface area contributed by atoms with Crippen molar-refractivity contribution in [1.29, 1.82) is 0 Å². The lowest BCUT2D eigenvalue weighted by Crippen LogP contribution is -2.41. The Morgan fingerprint density at radius 3 is 2.23 bits per heavy atom. The molecular weight excluding hydrogens is 400 g/mol. The molecule has 0 saturated heterocycles. The molecule has 3 aromatic rings. The summed E-state index contributed by atoms with van der Waals surface area (Å²) in [5.74, 6) is -1.95. The van der Waals surface area contributed by atoms with Gasteiger partial charge in [-0.2, -0.15) is 5.10 Å². The van der Waals surface area contributed by atoms with Gasteiger partial charge in [-0.3, -0.25) is 14.9 Å². The number of carbonyl (C=O) groups is 3. The van der Waals surface area contributed by atoms with Gasteiger partial charge in [-0.15, -0.1) is 0 Å². The molecule has 0 fully saturated rings. The number of benzene rings is 2. The molecule has 2 aromatic carbocycles. The Morgan fingerprint density at radius 1 is 1.00 bits per heavy atom. The Morgan fingerprint density at radius 2 is 1.61 bits per heavy atom. The van der Waals surface area contributed by atoms with Crippen LogP contribution in [-0.4, -0.2) is 34.7 Å². The van der Waals surface area contributed by atoms with E-state index in [0.29, 0.717) is 16.9 Å². The summed E-state index contributed by atoms with van der Waals surface area (Å²) in [6.07, 6.45) is -1.46. The molecule has 1 heterocycles. The minimum Gasteiger partial charge on any atom is -0.442 e. The summed E-state index contributed by atoms with van der Waals surface area (Å²) in [5, 5.41) is 8.47. The van der Waals surface area contributed by atoms with Gasteiger partial charge in [-0.25, -0.2) is 14.3 Å². The van der Waals surface area contributed by atoms with Crippen LogP contribution in [0.5, 0.6) is 0 Å². The van der Waals surface area contributed by atoms with Crippen molar-refractivity contribution in [3.63, 3.8) is 0 Å². The maximum atomic E-state index is 12.8. The molecule has 0 spiro atoms. The number of rotatable bonds is 5. The molecule has 2 N–H and O–H groups in total. The van der Waals surface area contributed by atoms with Crippen molar-refractivity contribution in [3.05, 3.63) is 93.9 Å². The molecule has 158 valence electrons. The third-order valence-corrected chi connectivity index (χ3v) is 4.33. The zero-order valence-electron chi connectivity index (χ0n) is 16.9. The molecule has 0 saturated carbocycles. The number of aryl methyl sites for hydroxylation is 1. The zero-order valence-corrected chi connectivity index (χ0v) is 16.9. The van der Waals surface area contributed by atoms with Gasteiger partial charge in [0, 0.05) is 24.4 Å². The van der Waals surface area contributed by atoms with Gasteiger partial charge < -0.3 is 10.1 Å². The van der Waals surface area contributed by atoms with E-state index in [2.05, 4.69) is 15.7 Å². The minimum atomic E-state index is -1.46. The fourth-order valence-corrected chi connectivity index (χ4v) is 2.82. The van der Waals surface area contributed by atoms with Crippen LogP contribution in [-0.2, 0) is 9.53 Å². The number of hydrogen-bond acceptors (Lipinski definition) is 6. The maximum absolute atomic E-state index is 12.8. The predicted octanol–water partition coefficient (Wildman–Crippen LogP) is 1.89. The van der Waals surface area contributed by atoms with E-state index in [0.717, 1.165) is 0 Å². The van der Waals surface area contributed by atoms with E-state index in [-0.39, 0.29) is 0 Å². The van der Waals surface area contributed by atoms with E-state index in [1.54, 1.807) is 61.5 Å². The van der Waals surface area contributed by atoms with Crippen molar-refractivity contribution in [1.82, 2.24) is 20.4 Å². The Labute approximate surface area is 177 Å². The van der Waals surface area contributed by atoms with Crippen molar-refractivity contribution in [2.45, 2.75) is 13.0 Å². The lowest BCUT2D eigenvalue weighted by molar-refractivity contribution is -0.129. The Kier molecular flexibility index (Phi) is 6.56. The van der Waals surface area contributed by atoms with Gasteiger partial charge in [0.05, 0.1) is 5.69 Å². The lowest BCUT2D eigenvalue weighted by Gasteiger charge is -2.17. The molecule has 1 aromatic heterocycles. The standard InChI is InChI=1S/C22H20N4O5/c1-14-13-17(27)18(25-26(14)16-11-7-4-8-12-16)21(29)31-19(15-9-5-3-6-10-15)20(28)24-22(30)23-2/h3-13,19H,1-2H3,(H2,23,24,28,30). The molecule has 1 atom stereocenters. The minimum absolute atomic E-state index is 0.327. The van der Waals surface area contributed by atoms with Gasteiger partial charge in [0.15, 0.2) is 0 Å². The molecule has 0 radical (unpaired) electrons. The Bertz CT molecular complexity index is 1160. The molecular formula is C22H20N4O5. The first kappa shape index (κ1) is 21.4. The SMILES string of the molecule is CNC(=O)NC(=O)C(OC(=O)c1nn(-c2ccccc2)c(C)cc1=O)c1ccccc1. The van der Waals surface area contributed by atoms with Crippen LogP contribution < -0.4 is 16.1 Å². The van der Waals surface area contributed by atoms with E-state index in [9.17, 15) is 19.2 Å². The van der Waals surface area contributed by atoms with Gasteiger partial charge >= 0.3 is 12.0 Å². The number of imide groups is 1. The number of aromatic nitrogens is 2. The highest BCUT2D eigenvalue weighted by molar-refractivity contribution is 5.98. The second-order valence-electron chi connectivity index (χ2n) is 6.51. The summed E-state index contributed by atoms with van der Waals surface area (Å²) in [4.78, 5) is 49.4. The number of ether oxygens (including phenoxy) is 1. The smallest absolute Gasteiger partial charge is 0.364 e. The molecule has 0 aliphatic rings. The highest BCUT2D eigenvalue weighted by Gasteiger charge is 2.29. The first-order chi connectivity index (χ1) is 14.9.